The minimum Gasteiger partial charge on any atom is -0.396 e. The van der Waals surface area contributed by atoms with Crippen molar-refractivity contribution < 1.29 is 9.50 Å². The molecule has 106 valence electrons. The molecule has 2 aromatic rings. The van der Waals surface area contributed by atoms with E-state index in [0.29, 0.717) is 17.9 Å². The third kappa shape index (κ3) is 4.30. The minimum absolute atomic E-state index is 0.0339. The third-order valence-corrected chi connectivity index (χ3v) is 4.20. The Balaban J connectivity index is 2.11. The summed E-state index contributed by atoms with van der Waals surface area (Å²) in [5, 5.41) is 10.2. The molecule has 0 spiro atoms. The Hall–Kier alpha value is -0.900. The van der Waals surface area contributed by atoms with Crippen molar-refractivity contribution >= 4 is 27.5 Å². The van der Waals surface area contributed by atoms with Crippen LogP contribution in [0.2, 0.25) is 5.02 Å². The zero-order valence-corrected chi connectivity index (χ0v) is 13.2. The maximum atomic E-state index is 13.3. The van der Waals surface area contributed by atoms with E-state index in [1.807, 2.05) is 24.3 Å². The average Bonchev–Trinajstić information content (AvgIpc) is 2.42. The molecule has 0 saturated carbocycles. The monoisotopic (exact) mass is 356 g/mol. The molecule has 0 amide bonds. The van der Waals surface area contributed by atoms with Crippen molar-refractivity contribution in [2.24, 2.45) is 5.92 Å². The topological polar surface area (TPSA) is 20.2 Å². The molecule has 20 heavy (non-hydrogen) atoms. The predicted molar refractivity (Wildman–Crippen MR) is 83.5 cm³/mol. The number of aliphatic hydroxyl groups is 1. The Kier molecular flexibility index (Phi) is 5.58. The second-order valence-electron chi connectivity index (χ2n) is 4.82. The Morgan fingerprint density at radius 1 is 1.15 bits per heavy atom. The second-order valence-corrected chi connectivity index (χ2v) is 6.11. The molecule has 1 unspecified atom stereocenters. The Morgan fingerprint density at radius 3 is 2.65 bits per heavy atom. The van der Waals surface area contributed by atoms with Crippen molar-refractivity contribution in [1.29, 1.82) is 0 Å². The van der Waals surface area contributed by atoms with Gasteiger partial charge in [-0.15, -0.1) is 0 Å². The van der Waals surface area contributed by atoms with E-state index in [2.05, 4.69) is 15.9 Å². The molecule has 1 atom stereocenters. The number of hydrogen-bond donors (Lipinski definition) is 1. The van der Waals surface area contributed by atoms with Crippen molar-refractivity contribution in [2.45, 2.75) is 12.8 Å². The molecule has 2 rings (SSSR count). The SMILES string of the molecule is OCC(Cc1cccc(Cl)c1)Cc1cc(F)ccc1Br. The van der Waals surface area contributed by atoms with Crippen LogP contribution in [0.3, 0.4) is 0 Å². The molecular formula is C16H15BrClFO. The van der Waals surface area contributed by atoms with Crippen LogP contribution in [-0.2, 0) is 12.8 Å². The van der Waals surface area contributed by atoms with E-state index in [-0.39, 0.29) is 18.3 Å². The fourth-order valence-electron chi connectivity index (χ4n) is 2.21. The largest absolute Gasteiger partial charge is 0.396 e. The van der Waals surface area contributed by atoms with Crippen LogP contribution < -0.4 is 0 Å². The molecule has 0 aromatic heterocycles. The summed E-state index contributed by atoms with van der Waals surface area (Å²) < 4.78 is 14.1. The number of hydrogen-bond acceptors (Lipinski definition) is 1. The first kappa shape index (κ1) is 15.5. The van der Waals surface area contributed by atoms with E-state index in [9.17, 15) is 9.50 Å². The number of halogens is 3. The van der Waals surface area contributed by atoms with E-state index >= 15 is 0 Å². The summed E-state index contributed by atoms with van der Waals surface area (Å²) in [6, 6.07) is 12.2. The van der Waals surface area contributed by atoms with E-state index in [1.165, 1.54) is 12.1 Å². The van der Waals surface area contributed by atoms with E-state index < -0.39 is 0 Å². The van der Waals surface area contributed by atoms with Crippen LogP contribution in [0.1, 0.15) is 11.1 Å². The first-order valence-corrected chi connectivity index (χ1v) is 7.55. The first-order chi connectivity index (χ1) is 9.58. The highest BCUT2D eigenvalue weighted by molar-refractivity contribution is 9.10. The van der Waals surface area contributed by atoms with Gasteiger partial charge in [0, 0.05) is 16.1 Å². The Bertz CT molecular complexity index is 588. The van der Waals surface area contributed by atoms with Gasteiger partial charge in [0.2, 0.25) is 0 Å². The van der Waals surface area contributed by atoms with Gasteiger partial charge < -0.3 is 5.11 Å². The lowest BCUT2D eigenvalue weighted by Crippen LogP contribution is -2.13. The fraction of sp³-hybridized carbons (Fsp3) is 0.250. The second kappa shape index (κ2) is 7.21. The van der Waals surface area contributed by atoms with Gasteiger partial charge in [-0.25, -0.2) is 4.39 Å². The van der Waals surface area contributed by atoms with Crippen molar-refractivity contribution in [3.8, 4) is 0 Å². The number of benzene rings is 2. The van der Waals surface area contributed by atoms with E-state index in [0.717, 1.165) is 15.6 Å². The van der Waals surface area contributed by atoms with Gasteiger partial charge in [-0.05, 0) is 60.2 Å². The van der Waals surface area contributed by atoms with Crippen LogP contribution >= 0.6 is 27.5 Å². The molecule has 4 heteroatoms. The van der Waals surface area contributed by atoms with Crippen LogP contribution in [-0.4, -0.2) is 11.7 Å². The Labute approximate surface area is 131 Å². The molecule has 1 N–H and O–H groups in total. The lowest BCUT2D eigenvalue weighted by Gasteiger charge is -2.15. The number of aliphatic hydroxyl groups excluding tert-OH is 1. The van der Waals surface area contributed by atoms with Gasteiger partial charge in [0.25, 0.3) is 0 Å². The molecule has 0 bridgehead atoms. The van der Waals surface area contributed by atoms with Crippen molar-refractivity contribution in [3.63, 3.8) is 0 Å². The Morgan fingerprint density at radius 2 is 1.95 bits per heavy atom. The van der Waals surface area contributed by atoms with Gasteiger partial charge >= 0.3 is 0 Å². The van der Waals surface area contributed by atoms with Crippen LogP contribution in [0.15, 0.2) is 46.9 Å². The van der Waals surface area contributed by atoms with Crippen molar-refractivity contribution in [2.75, 3.05) is 6.61 Å². The molecule has 0 saturated heterocycles. The number of rotatable bonds is 5. The van der Waals surface area contributed by atoms with Crippen molar-refractivity contribution in [3.05, 3.63) is 68.9 Å². The molecular weight excluding hydrogens is 343 g/mol. The average molecular weight is 358 g/mol. The van der Waals surface area contributed by atoms with Gasteiger partial charge in [0.1, 0.15) is 5.82 Å². The molecule has 1 nitrogen and oxygen atoms in total. The van der Waals surface area contributed by atoms with Gasteiger partial charge in [-0.1, -0.05) is 39.7 Å². The summed E-state index contributed by atoms with van der Waals surface area (Å²) >= 11 is 9.37. The summed E-state index contributed by atoms with van der Waals surface area (Å²) in [7, 11) is 0. The minimum atomic E-state index is -0.261. The fourth-order valence-corrected chi connectivity index (χ4v) is 2.83. The summed E-state index contributed by atoms with van der Waals surface area (Å²) in [4.78, 5) is 0. The highest BCUT2D eigenvalue weighted by Gasteiger charge is 2.12. The van der Waals surface area contributed by atoms with Crippen LogP contribution in [0.25, 0.3) is 0 Å². The molecule has 0 aliphatic heterocycles. The zero-order valence-electron chi connectivity index (χ0n) is 10.8. The van der Waals surface area contributed by atoms with Gasteiger partial charge in [-0.3, -0.25) is 0 Å². The molecule has 2 aromatic carbocycles. The molecule has 0 fully saturated rings. The van der Waals surface area contributed by atoms with Gasteiger partial charge in [0.05, 0.1) is 0 Å². The quantitative estimate of drug-likeness (QED) is 0.827. The van der Waals surface area contributed by atoms with E-state index in [4.69, 9.17) is 11.6 Å². The highest BCUT2D eigenvalue weighted by Crippen LogP contribution is 2.23. The van der Waals surface area contributed by atoms with Gasteiger partial charge in [0.15, 0.2) is 0 Å². The molecule has 0 aliphatic carbocycles. The standard InChI is InChI=1S/C16H15BrClFO/c17-16-5-4-15(19)9-13(16)7-12(10-20)6-11-2-1-3-14(18)8-11/h1-5,8-9,12,20H,6-7,10H2. The zero-order chi connectivity index (χ0) is 14.5. The maximum absolute atomic E-state index is 13.3. The van der Waals surface area contributed by atoms with Gasteiger partial charge in [-0.2, -0.15) is 0 Å². The summed E-state index contributed by atoms with van der Waals surface area (Å²) in [6.07, 6.45) is 1.32. The maximum Gasteiger partial charge on any atom is 0.123 e. The first-order valence-electron chi connectivity index (χ1n) is 6.37. The lowest BCUT2D eigenvalue weighted by molar-refractivity contribution is 0.224. The van der Waals surface area contributed by atoms with Crippen LogP contribution in [0.4, 0.5) is 4.39 Å². The lowest BCUT2D eigenvalue weighted by atomic mass is 9.93. The summed E-state index contributed by atoms with van der Waals surface area (Å²) in [5.74, 6) is -0.228. The van der Waals surface area contributed by atoms with E-state index in [1.54, 1.807) is 6.07 Å². The molecule has 0 radical (unpaired) electrons. The third-order valence-electron chi connectivity index (χ3n) is 3.19. The predicted octanol–water partition coefficient (Wildman–Crippen LogP) is 4.64. The van der Waals surface area contributed by atoms with Crippen LogP contribution in [0, 0.1) is 11.7 Å². The van der Waals surface area contributed by atoms with Crippen molar-refractivity contribution in [1.82, 2.24) is 0 Å². The summed E-state index contributed by atoms with van der Waals surface area (Å²) in [5.41, 5.74) is 1.94. The normalized spacial score (nSPS) is 12.4. The summed E-state index contributed by atoms with van der Waals surface area (Å²) in [6.45, 7) is 0.0511. The van der Waals surface area contributed by atoms with Crippen LogP contribution in [0.5, 0.6) is 0 Å². The molecule has 0 heterocycles. The molecule has 0 aliphatic rings. The smallest absolute Gasteiger partial charge is 0.123 e. The highest BCUT2D eigenvalue weighted by atomic mass is 79.9.